The molecule has 0 saturated carbocycles. The van der Waals surface area contributed by atoms with Crippen LogP contribution < -0.4 is 10.2 Å². The Hall–Kier alpha value is -2.60. The van der Waals surface area contributed by atoms with Crippen molar-refractivity contribution in [1.82, 2.24) is 4.98 Å². The minimum atomic E-state index is -3.29. The second-order valence-corrected chi connectivity index (χ2v) is 11.9. The lowest BCUT2D eigenvalue weighted by atomic mass is 10.1. The molecule has 2 aromatic carbocycles. The van der Waals surface area contributed by atoms with Gasteiger partial charge in [-0.3, -0.25) is 0 Å². The lowest BCUT2D eigenvalue weighted by molar-refractivity contribution is 0.581. The van der Waals surface area contributed by atoms with E-state index in [1.807, 2.05) is 12.1 Å². The van der Waals surface area contributed by atoms with Gasteiger partial charge in [0, 0.05) is 36.8 Å². The summed E-state index contributed by atoms with van der Waals surface area (Å²) in [7, 11) is -3.29. The van der Waals surface area contributed by atoms with Crippen LogP contribution in [0.15, 0.2) is 53.4 Å². The molecule has 1 aliphatic heterocycles. The van der Waals surface area contributed by atoms with Crippen LogP contribution in [-0.2, 0) is 16.4 Å². The van der Waals surface area contributed by atoms with Crippen molar-refractivity contribution in [2.24, 2.45) is 0 Å². The number of aryl methyl sites for hydroxylation is 1. The molecule has 6 heteroatoms. The van der Waals surface area contributed by atoms with Gasteiger partial charge in [0.25, 0.3) is 0 Å². The Morgan fingerprint density at radius 1 is 0.943 bits per heavy atom. The SMILES string of the molecule is CCCCCCCCCCNc1cc(N2CCS(=O)(=O)c3ccccc3C2)nc2ccc(C)cc12. The van der Waals surface area contributed by atoms with Crippen LogP contribution in [-0.4, -0.2) is 32.2 Å². The van der Waals surface area contributed by atoms with Crippen LogP contribution in [0, 0.1) is 6.92 Å². The summed E-state index contributed by atoms with van der Waals surface area (Å²) in [5.74, 6) is 0.922. The summed E-state index contributed by atoms with van der Waals surface area (Å²) in [5.41, 5.74) is 4.06. The second kappa shape index (κ2) is 11.9. The molecule has 0 aliphatic carbocycles. The van der Waals surface area contributed by atoms with Gasteiger partial charge in [-0.05, 0) is 37.1 Å². The van der Waals surface area contributed by atoms with Gasteiger partial charge in [0.2, 0.25) is 0 Å². The molecule has 188 valence electrons. The summed E-state index contributed by atoms with van der Waals surface area (Å²) in [6.07, 6.45) is 10.4. The van der Waals surface area contributed by atoms with Crippen molar-refractivity contribution in [1.29, 1.82) is 0 Å². The lowest BCUT2D eigenvalue weighted by Gasteiger charge is -2.23. The van der Waals surface area contributed by atoms with E-state index in [1.165, 1.54) is 50.5 Å². The minimum absolute atomic E-state index is 0.0959. The first-order chi connectivity index (χ1) is 17.0. The predicted octanol–water partition coefficient (Wildman–Crippen LogP) is 6.89. The van der Waals surface area contributed by atoms with E-state index in [9.17, 15) is 8.42 Å². The van der Waals surface area contributed by atoms with E-state index in [1.54, 1.807) is 12.1 Å². The van der Waals surface area contributed by atoms with Crippen LogP contribution in [0.1, 0.15) is 69.4 Å². The zero-order valence-corrected chi connectivity index (χ0v) is 22.0. The standard InChI is InChI=1S/C29H39N3O2S/c1-3-4-5-6-7-8-9-12-17-30-27-21-29(31-26-16-15-23(2)20-25(26)27)32-18-19-35(33,34)28-14-11-10-13-24(28)22-32/h10-11,13-16,20-21H,3-9,12,17-19,22H2,1-2H3,(H,30,31). The van der Waals surface area contributed by atoms with E-state index >= 15 is 0 Å². The van der Waals surface area contributed by atoms with E-state index in [2.05, 4.69) is 48.3 Å². The first kappa shape index (κ1) is 25.5. The Balaban J connectivity index is 1.49. The summed E-state index contributed by atoms with van der Waals surface area (Å²) >= 11 is 0. The topological polar surface area (TPSA) is 62.3 Å². The third-order valence-corrected chi connectivity index (χ3v) is 8.71. The average Bonchev–Trinajstić information content (AvgIpc) is 2.99. The molecule has 4 rings (SSSR count). The third kappa shape index (κ3) is 6.54. The Bertz CT molecular complexity index is 1240. The number of sulfone groups is 1. The monoisotopic (exact) mass is 493 g/mol. The Kier molecular flexibility index (Phi) is 8.66. The highest BCUT2D eigenvalue weighted by Crippen LogP contribution is 2.31. The van der Waals surface area contributed by atoms with E-state index in [4.69, 9.17) is 4.98 Å². The van der Waals surface area contributed by atoms with Crippen molar-refractivity contribution in [2.45, 2.75) is 76.7 Å². The lowest BCUT2D eigenvalue weighted by Crippen LogP contribution is -2.26. The molecule has 0 saturated heterocycles. The number of hydrogen-bond acceptors (Lipinski definition) is 5. The second-order valence-electron chi connectivity index (χ2n) is 9.80. The summed E-state index contributed by atoms with van der Waals surface area (Å²) in [6.45, 7) is 6.26. The number of anilines is 2. The highest BCUT2D eigenvalue weighted by molar-refractivity contribution is 7.91. The number of hydrogen-bond donors (Lipinski definition) is 1. The summed E-state index contributed by atoms with van der Waals surface area (Å²) < 4.78 is 25.7. The van der Waals surface area contributed by atoms with Crippen LogP contribution >= 0.6 is 0 Å². The number of unbranched alkanes of at least 4 members (excludes halogenated alkanes) is 7. The fourth-order valence-corrected chi connectivity index (χ4v) is 6.37. The van der Waals surface area contributed by atoms with Gasteiger partial charge in [0.05, 0.1) is 16.2 Å². The molecule has 0 amide bonds. The first-order valence-corrected chi connectivity index (χ1v) is 14.8. The smallest absolute Gasteiger partial charge is 0.180 e. The van der Waals surface area contributed by atoms with Gasteiger partial charge in [0.1, 0.15) is 5.82 Å². The van der Waals surface area contributed by atoms with E-state index in [-0.39, 0.29) is 5.75 Å². The molecule has 0 fully saturated rings. The molecule has 0 spiro atoms. The largest absolute Gasteiger partial charge is 0.384 e. The maximum atomic E-state index is 12.8. The Labute approximate surface area is 210 Å². The number of nitrogens with one attached hydrogen (secondary N) is 1. The highest BCUT2D eigenvalue weighted by atomic mass is 32.2. The number of rotatable bonds is 11. The summed E-state index contributed by atoms with van der Waals surface area (Å²) in [6, 6.07) is 15.8. The number of aromatic nitrogens is 1. The average molecular weight is 494 g/mol. The van der Waals surface area contributed by atoms with Crippen molar-refractivity contribution < 1.29 is 8.42 Å². The van der Waals surface area contributed by atoms with Crippen LogP contribution in [0.2, 0.25) is 0 Å². The van der Waals surface area contributed by atoms with Gasteiger partial charge in [-0.1, -0.05) is 81.7 Å². The third-order valence-electron chi connectivity index (χ3n) is 6.92. The van der Waals surface area contributed by atoms with Crippen LogP contribution in [0.25, 0.3) is 10.9 Å². The zero-order valence-electron chi connectivity index (χ0n) is 21.2. The highest BCUT2D eigenvalue weighted by Gasteiger charge is 2.26. The number of nitrogens with zero attached hydrogens (tertiary/aromatic N) is 2. The molecular weight excluding hydrogens is 454 g/mol. The molecule has 3 aromatic rings. The van der Waals surface area contributed by atoms with Crippen molar-refractivity contribution in [2.75, 3.05) is 29.1 Å². The number of pyridine rings is 1. The maximum absolute atomic E-state index is 12.8. The van der Waals surface area contributed by atoms with Crippen molar-refractivity contribution in [3.63, 3.8) is 0 Å². The van der Waals surface area contributed by atoms with Crippen molar-refractivity contribution >= 4 is 32.2 Å². The van der Waals surface area contributed by atoms with Crippen LogP contribution in [0.5, 0.6) is 0 Å². The molecule has 1 aromatic heterocycles. The van der Waals surface area contributed by atoms with Crippen LogP contribution in [0.4, 0.5) is 11.5 Å². The molecule has 35 heavy (non-hydrogen) atoms. The first-order valence-electron chi connectivity index (χ1n) is 13.2. The minimum Gasteiger partial charge on any atom is -0.384 e. The van der Waals surface area contributed by atoms with E-state index in [0.29, 0.717) is 18.0 Å². The zero-order chi connectivity index (χ0) is 24.7. The van der Waals surface area contributed by atoms with Gasteiger partial charge >= 0.3 is 0 Å². The molecular formula is C29H39N3O2S. The van der Waals surface area contributed by atoms with Gasteiger partial charge in [-0.15, -0.1) is 0 Å². The molecule has 0 bridgehead atoms. The summed E-state index contributed by atoms with van der Waals surface area (Å²) in [4.78, 5) is 7.50. The number of benzene rings is 2. The Morgan fingerprint density at radius 2 is 1.69 bits per heavy atom. The Morgan fingerprint density at radius 3 is 2.49 bits per heavy atom. The fraction of sp³-hybridized carbons (Fsp3) is 0.483. The van der Waals surface area contributed by atoms with Gasteiger partial charge < -0.3 is 10.2 Å². The molecule has 2 heterocycles. The predicted molar refractivity (Wildman–Crippen MR) is 147 cm³/mol. The molecule has 1 N–H and O–H groups in total. The molecule has 1 aliphatic rings. The van der Waals surface area contributed by atoms with Gasteiger partial charge in [-0.2, -0.15) is 0 Å². The van der Waals surface area contributed by atoms with Crippen molar-refractivity contribution in [3.8, 4) is 0 Å². The fourth-order valence-electron chi connectivity index (χ4n) is 4.87. The van der Waals surface area contributed by atoms with Gasteiger partial charge in [-0.25, -0.2) is 13.4 Å². The van der Waals surface area contributed by atoms with Gasteiger partial charge in [0.15, 0.2) is 9.84 Å². The maximum Gasteiger partial charge on any atom is 0.180 e. The number of fused-ring (bicyclic) bond motifs is 2. The van der Waals surface area contributed by atoms with Crippen molar-refractivity contribution in [3.05, 3.63) is 59.7 Å². The molecule has 5 nitrogen and oxygen atoms in total. The summed E-state index contributed by atoms with van der Waals surface area (Å²) in [5, 5.41) is 4.79. The normalized spacial score (nSPS) is 15.1. The van der Waals surface area contributed by atoms with E-state index in [0.717, 1.165) is 40.9 Å². The molecule has 0 atom stereocenters. The molecule has 0 radical (unpaired) electrons. The van der Waals surface area contributed by atoms with Crippen LogP contribution in [0.3, 0.4) is 0 Å². The molecule has 0 unspecified atom stereocenters. The van der Waals surface area contributed by atoms with E-state index < -0.39 is 9.84 Å². The quantitative estimate of drug-likeness (QED) is 0.295.